The van der Waals surface area contributed by atoms with Crippen molar-refractivity contribution in [1.29, 1.82) is 0 Å². The van der Waals surface area contributed by atoms with Gasteiger partial charge in [-0.15, -0.1) is 0 Å². The van der Waals surface area contributed by atoms with Crippen molar-refractivity contribution in [3.63, 3.8) is 0 Å². The maximum atomic E-state index is 11.1. The maximum absolute atomic E-state index is 11.1. The van der Waals surface area contributed by atoms with E-state index in [1.54, 1.807) is 6.08 Å². The average Bonchev–Trinajstić information content (AvgIpc) is 2.12. The Morgan fingerprint density at radius 1 is 1.46 bits per heavy atom. The molecule has 0 saturated carbocycles. The van der Waals surface area contributed by atoms with Crippen LogP contribution in [0.4, 0.5) is 0 Å². The second-order valence-corrected chi connectivity index (χ2v) is 3.16. The highest BCUT2D eigenvalue weighted by molar-refractivity contribution is 5.69. The predicted octanol–water partition coefficient (Wildman–Crippen LogP) is 3.07. The first-order chi connectivity index (χ1) is 6.24. The lowest BCUT2D eigenvalue weighted by Gasteiger charge is -2.12. The minimum atomic E-state index is -0.108. The molecule has 0 radical (unpaired) electrons. The quantitative estimate of drug-likeness (QED) is 0.449. The minimum Gasteiger partial charge on any atom is -0.458 e. The molecule has 0 aromatic heterocycles. The van der Waals surface area contributed by atoms with E-state index in [1.165, 1.54) is 0 Å². The highest BCUT2D eigenvalue weighted by Crippen LogP contribution is 2.07. The van der Waals surface area contributed by atoms with Crippen molar-refractivity contribution in [3.05, 3.63) is 12.7 Å². The van der Waals surface area contributed by atoms with Crippen LogP contribution >= 0.6 is 0 Å². The van der Waals surface area contributed by atoms with Crippen molar-refractivity contribution in [3.8, 4) is 0 Å². The van der Waals surface area contributed by atoms with E-state index in [9.17, 15) is 4.79 Å². The number of hydrogen-bond acceptors (Lipinski definition) is 2. The van der Waals surface area contributed by atoms with Crippen molar-refractivity contribution >= 4 is 5.97 Å². The van der Waals surface area contributed by atoms with Crippen LogP contribution in [0.25, 0.3) is 0 Å². The summed E-state index contributed by atoms with van der Waals surface area (Å²) in [6, 6.07) is 0. The Hall–Kier alpha value is -0.790. The number of rotatable bonds is 7. The largest absolute Gasteiger partial charge is 0.458 e. The predicted molar refractivity (Wildman–Crippen MR) is 54.5 cm³/mol. The van der Waals surface area contributed by atoms with Gasteiger partial charge in [0, 0.05) is 6.42 Å². The van der Waals surface area contributed by atoms with Gasteiger partial charge in [0.15, 0.2) is 0 Å². The Kier molecular flexibility index (Phi) is 7.36. The molecular weight excluding hydrogens is 164 g/mol. The summed E-state index contributed by atoms with van der Waals surface area (Å²) in [6.45, 7) is 7.74. The lowest BCUT2D eigenvalue weighted by atomic mass is 10.1. The number of ether oxygens (including phenoxy) is 1. The fraction of sp³-hybridized carbons (Fsp3) is 0.727. The smallest absolute Gasteiger partial charge is 0.306 e. The third-order valence-corrected chi connectivity index (χ3v) is 1.84. The Balaban J connectivity index is 3.69. The van der Waals surface area contributed by atoms with Crippen LogP contribution in [-0.4, -0.2) is 12.1 Å². The molecule has 0 aromatic rings. The highest BCUT2D eigenvalue weighted by atomic mass is 16.5. The second kappa shape index (κ2) is 7.84. The van der Waals surface area contributed by atoms with Crippen LogP contribution in [0, 0.1) is 0 Å². The highest BCUT2D eigenvalue weighted by Gasteiger charge is 2.08. The van der Waals surface area contributed by atoms with Gasteiger partial charge in [-0.2, -0.15) is 0 Å². The third kappa shape index (κ3) is 6.38. The number of carbonyl (C=O) groups excluding carboxylic acids is 1. The summed E-state index contributed by atoms with van der Waals surface area (Å²) in [5.74, 6) is -0.108. The number of hydrogen-bond donors (Lipinski definition) is 0. The average molecular weight is 184 g/mol. The van der Waals surface area contributed by atoms with Crippen molar-refractivity contribution < 1.29 is 9.53 Å². The summed E-state index contributed by atoms with van der Waals surface area (Å²) >= 11 is 0. The molecule has 0 aliphatic rings. The molecular formula is C11H20O2. The van der Waals surface area contributed by atoms with Gasteiger partial charge < -0.3 is 4.74 Å². The zero-order chi connectivity index (χ0) is 10.1. The Morgan fingerprint density at radius 2 is 2.15 bits per heavy atom. The van der Waals surface area contributed by atoms with Crippen LogP contribution in [0.1, 0.15) is 46.0 Å². The summed E-state index contributed by atoms with van der Waals surface area (Å²) < 4.78 is 5.19. The topological polar surface area (TPSA) is 26.3 Å². The molecule has 0 N–H and O–H groups in total. The first kappa shape index (κ1) is 12.2. The van der Waals surface area contributed by atoms with Crippen LogP contribution in [0.3, 0.4) is 0 Å². The Bertz CT molecular complexity index is 152. The lowest BCUT2D eigenvalue weighted by molar-refractivity contribution is -0.147. The molecule has 0 spiro atoms. The number of carbonyl (C=O) groups is 1. The molecule has 0 aromatic carbocycles. The summed E-state index contributed by atoms with van der Waals surface area (Å²) in [4.78, 5) is 11.1. The molecule has 2 nitrogen and oxygen atoms in total. The van der Waals surface area contributed by atoms with E-state index in [2.05, 4.69) is 13.5 Å². The standard InChI is InChI=1S/C11H20O2/c1-4-7-9-10(6-3)13-11(12)8-5-2/h6,10H,3-5,7-9H2,1-2H3/t10-/m0/s1. The normalized spacial score (nSPS) is 12.2. The van der Waals surface area contributed by atoms with Crippen LogP contribution in [-0.2, 0) is 9.53 Å². The lowest BCUT2D eigenvalue weighted by Crippen LogP contribution is -2.15. The van der Waals surface area contributed by atoms with E-state index in [4.69, 9.17) is 4.74 Å². The van der Waals surface area contributed by atoms with Crippen molar-refractivity contribution in [2.75, 3.05) is 0 Å². The Morgan fingerprint density at radius 3 is 2.62 bits per heavy atom. The van der Waals surface area contributed by atoms with Gasteiger partial charge in [0.2, 0.25) is 0 Å². The molecule has 0 amide bonds. The molecule has 0 unspecified atom stereocenters. The van der Waals surface area contributed by atoms with E-state index >= 15 is 0 Å². The van der Waals surface area contributed by atoms with Gasteiger partial charge in [-0.3, -0.25) is 4.79 Å². The molecule has 0 saturated heterocycles. The molecule has 0 heterocycles. The molecule has 0 fully saturated rings. The van der Waals surface area contributed by atoms with Gasteiger partial charge in [-0.05, 0) is 19.3 Å². The summed E-state index contributed by atoms with van der Waals surface area (Å²) in [5, 5.41) is 0. The molecule has 2 heteroatoms. The summed E-state index contributed by atoms with van der Waals surface area (Å²) in [5.41, 5.74) is 0. The SMILES string of the molecule is C=C[C@@H](CCCC)OC(=O)CCC. The van der Waals surface area contributed by atoms with Gasteiger partial charge in [0.05, 0.1) is 0 Å². The zero-order valence-corrected chi connectivity index (χ0v) is 8.71. The van der Waals surface area contributed by atoms with Crippen LogP contribution in [0.5, 0.6) is 0 Å². The van der Waals surface area contributed by atoms with Crippen molar-refractivity contribution in [2.45, 2.75) is 52.1 Å². The van der Waals surface area contributed by atoms with Crippen LogP contribution in [0.2, 0.25) is 0 Å². The van der Waals surface area contributed by atoms with E-state index in [-0.39, 0.29) is 12.1 Å². The van der Waals surface area contributed by atoms with Gasteiger partial charge >= 0.3 is 5.97 Å². The summed E-state index contributed by atoms with van der Waals surface area (Å²) in [7, 11) is 0. The monoisotopic (exact) mass is 184 g/mol. The fourth-order valence-corrected chi connectivity index (χ4v) is 1.06. The van der Waals surface area contributed by atoms with E-state index in [1.807, 2.05) is 6.92 Å². The maximum Gasteiger partial charge on any atom is 0.306 e. The molecule has 13 heavy (non-hydrogen) atoms. The third-order valence-electron chi connectivity index (χ3n) is 1.84. The van der Waals surface area contributed by atoms with E-state index in [0.29, 0.717) is 6.42 Å². The molecule has 0 aliphatic heterocycles. The zero-order valence-electron chi connectivity index (χ0n) is 8.71. The first-order valence-corrected chi connectivity index (χ1v) is 5.06. The van der Waals surface area contributed by atoms with E-state index < -0.39 is 0 Å². The molecule has 0 bridgehead atoms. The number of esters is 1. The second-order valence-electron chi connectivity index (χ2n) is 3.16. The first-order valence-electron chi connectivity index (χ1n) is 5.06. The minimum absolute atomic E-state index is 0.0843. The van der Waals surface area contributed by atoms with E-state index in [0.717, 1.165) is 25.7 Å². The van der Waals surface area contributed by atoms with Gasteiger partial charge in [0.25, 0.3) is 0 Å². The molecule has 76 valence electrons. The van der Waals surface area contributed by atoms with Crippen LogP contribution < -0.4 is 0 Å². The van der Waals surface area contributed by atoms with Gasteiger partial charge in [-0.1, -0.05) is 32.9 Å². The molecule has 1 atom stereocenters. The van der Waals surface area contributed by atoms with Crippen LogP contribution in [0.15, 0.2) is 12.7 Å². The molecule has 0 rings (SSSR count). The van der Waals surface area contributed by atoms with Gasteiger partial charge in [-0.25, -0.2) is 0 Å². The number of unbranched alkanes of at least 4 members (excludes halogenated alkanes) is 1. The van der Waals surface area contributed by atoms with Crippen molar-refractivity contribution in [1.82, 2.24) is 0 Å². The van der Waals surface area contributed by atoms with Gasteiger partial charge in [0.1, 0.15) is 6.10 Å². The fourth-order valence-electron chi connectivity index (χ4n) is 1.06. The Labute approximate surface area is 81.0 Å². The summed E-state index contributed by atoms with van der Waals surface area (Å²) in [6.07, 6.45) is 6.08. The molecule has 0 aliphatic carbocycles. The van der Waals surface area contributed by atoms with Crippen molar-refractivity contribution in [2.24, 2.45) is 0 Å².